The number of rotatable bonds is 6. The van der Waals surface area contributed by atoms with E-state index in [1.165, 1.54) is 5.56 Å². The van der Waals surface area contributed by atoms with E-state index in [-0.39, 0.29) is 11.2 Å². The molecule has 0 aliphatic rings. The minimum atomic E-state index is -0.0150. The van der Waals surface area contributed by atoms with Gasteiger partial charge in [0.2, 0.25) is 5.91 Å². The van der Waals surface area contributed by atoms with Gasteiger partial charge >= 0.3 is 0 Å². The van der Waals surface area contributed by atoms with E-state index >= 15 is 0 Å². The topological polar surface area (TPSA) is 46.9 Å². The van der Waals surface area contributed by atoms with Crippen LogP contribution in [0.1, 0.15) is 18.1 Å². The van der Waals surface area contributed by atoms with Crippen molar-refractivity contribution in [1.29, 1.82) is 0 Å². The average molecular weight is 339 g/mol. The number of amides is 1. The molecule has 0 radical (unpaired) electrons. The van der Waals surface area contributed by atoms with E-state index in [2.05, 4.69) is 45.2 Å². The molecule has 0 unspecified atom stereocenters. The lowest BCUT2D eigenvalue weighted by Gasteiger charge is -2.10. The van der Waals surface area contributed by atoms with E-state index in [1.807, 2.05) is 37.7 Å². The fraction of sp³-hybridized carbons (Fsp3) is 0.263. The van der Waals surface area contributed by atoms with E-state index in [9.17, 15) is 4.79 Å². The Labute approximate surface area is 146 Å². The number of para-hydroxylation sites is 2. The number of imidazole rings is 1. The smallest absolute Gasteiger partial charge is 0.233 e. The third-order valence-corrected chi connectivity index (χ3v) is 5.01. The Morgan fingerprint density at radius 2 is 1.88 bits per heavy atom. The molecular formula is C19H21N3OS. The summed E-state index contributed by atoms with van der Waals surface area (Å²) in [6, 6.07) is 16.5. The minimum Gasteiger partial charge on any atom is -0.351 e. The van der Waals surface area contributed by atoms with Crippen molar-refractivity contribution in [2.75, 3.05) is 6.26 Å². The minimum absolute atomic E-state index is 0.0150. The first kappa shape index (κ1) is 16.6. The van der Waals surface area contributed by atoms with Crippen LogP contribution < -0.4 is 5.32 Å². The Hall–Kier alpha value is -2.27. The van der Waals surface area contributed by atoms with E-state index < -0.39 is 0 Å². The van der Waals surface area contributed by atoms with Crippen molar-refractivity contribution in [2.24, 2.45) is 0 Å². The molecule has 2 aromatic carbocycles. The lowest BCUT2D eigenvalue weighted by atomic mass is 10.1. The SMILES string of the molecule is CS[C@H](C)C(=O)NCc1ccc(Cn2cnc3ccccc32)cc1. The van der Waals surface area contributed by atoms with Gasteiger partial charge in [-0.2, -0.15) is 11.8 Å². The number of benzene rings is 2. The molecule has 1 N–H and O–H groups in total. The van der Waals surface area contributed by atoms with E-state index in [0.717, 1.165) is 23.1 Å². The van der Waals surface area contributed by atoms with Gasteiger partial charge < -0.3 is 9.88 Å². The zero-order valence-electron chi connectivity index (χ0n) is 13.9. The zero-order chi connectivity index (χ0) is 16.9. The van der Waals surface area contributed by atoms with Crippen LogP contribution in [-0.2, 0) is 17.9 Å². The highest BCUT2D eigenvalue weighted by atomic mass is 32.2. The third kappa shape index (κ3) is 3.79. The van der Waals surface area contributed by atoms with Crippen molar-refractivity contribution in [3.63, 3.8) is 0 Å². The number of hydrogen-bond acceptors (Lipinski definition) is 3. The maximum atomic E-state index is 11.8. The van der Waals surface area contributed by atoms with Crippen LogP contribution in [0.15, 0.2) is 54.9 Å². The average Bonchev–Trinajstić information content (AvgIpc) is 3.03. The highest BCUT2D eigenvalue weighted by Gasteiger charge is 2.10. The Bertz CT molecular complexity index is 826. The third-order valence-electron chi connectivity index (χ3n) is 4.09. The van der Waals surface area contributed by atoms with Gasteiger partial charge in [0.05, 0.1) is 22.6 Å². The van der Waals surface area contributed by atoms with Crippen molar-refractivity contribution >= 4 is 28.7 Å². The molecule has 0 spiro atoms. The number of fused-ring (bicyclic) bond motifs is 1. The first-order valence-electron chi connectivity index (χ1n) is 7.95. The number of hydrogen-bond donors (Lipinski definition) is 1. The molecule has 3 aromatic rings. The summed E-state index contributed by atoms with van der Waals surface area (Å²) in [7, 11) is 0. The van der Waals surface area contributed by atoms with Gasteiger partial charge in [-0.1, -0.05) is 36.4 Å². The van der Waals surface area contributed by atoms with Gasteiger partial charge in [0.1, 0.15) is 0 Å². The second-order valence-electron chi connectivity index (χ2n) is 5.77. The number of nitrogens with zero attached hydrogens (tertiary/aromatic N) is 2. The Morgan fingerprint density at radius 1 is 1.17 bits per heavy atom. The number of aromatic nitrogens is 2. The van der Waals surface area contributed by atoms with Crippen molar-refractivity contribution in [1.82, 2.24) is 14.9 Å². The summed E-state index contributed by atoms with van der Waals surface area (Å²) in [6.45, 7) is 3.27. The van der Waals surface area contributed by atoms with Crippen LogP contribution in [0.3, 0.4) is 0 Å². The summed E-state index contributed by atoms with van der Waals surface area (Å²) in [5, 5.41) is 2.95. The largest absolute Gasteiger partial charge is 0.351 e. The van der Waals surface area contributed by atoms with Crippen molar-refractivity contribution in [2.45, 2.75) is 25.3 Å². The zero-order valence-corrected chi connectivity index (χ0v) is 14.7. The monoisotopic (exact) mass is 339 g/mol. The molecule has 1 amide bonds. The van der Waals surface area contributed by atoms with Gasteiger partial charge in [-0.15, -0.1) is 0 Å². The normalized spacial score (nSPS) is 12.2. The summed E-state index contributed by atoms with van der Waals surface area (Å²) in [5.74, 6) is 0.0801. The summed E-state index contributed by atoms with van der Waals surface area (Å²) in [5.41, 5.74) is 4.47. The Kier molecular flexibility index (Phi) is 5.20. The van der Waals surface area contributed by atoms with E-state index in [1.54, 1.807) is 11.8 Å². The van der Waals surface area contributed by atoms with Gasteiger partial charge in [0.15, 0.2) is 0 Å². The number of thioether (sulfide) groups is 1. The molecule has 1 heterocycles. The highest BCUT2D eigenvalue weighted by molar-refractivity contribution is 7.99. The summed E-state index contributed by atoms with van der Waals surface area (Å²) < 4.78 is 2.15. The fourth-order valence-electron chi connectivity index (χ4n) is 2.54. The molecule has 5 heteroatoms. The van der Waals surface area contributed by atoms with Gasteiger partial charge in [-0.05, 0) is 36.4 Å². The maximum Gasteiger partial charge on any atom is 0.233 e. The highest BCUT2D eigenvalue weighted by Crippen LogP contribution is 2.14. The molecule has 1 atom stereocenters. The van der Waals surface area contributed by atoms with Crippen molar-refractivity contribution in [3.8, 4) is 0 Å². The summed E-state index contributed by atoms with van der Waals surface area (Å²) >= 11 is 1.55. The molecule has 0 saturated heterocycles. The van der Waals surface area contributed by atoms with Gasteiger partial charge in [0.25, 0.3) is 0 Å². The van der Waals surface area contributed by atoms with Crippen LogP contribution in [0.25, 0.3) is 11.0 Å². The second kappa shape index (κ2) is 7.53. The van der Waals surface area contributed by atoms with Crippen LogP contribution >= 0.6 is 11.8 Å². The van der Waals surface area contributed by atoms with Crippen LogP contribution in [0, 0.1) is 0 Å². The van der Waals surface area contributed by atoms with E-state index in [4.69, 9.17) is 0 Å². The molecule has 0 saturated carbocycles. The molecule has 3 rings (SSSR count). The molecule has 4 nitrogen and oxygen atoms in total. The van der Waals surface area contributed by atoms with Gasteiger partial charge in [0, 0.05) is 13.1 Å². The van der Waals surface area contributed by atoms with Gasteiger partial charge in [-0.3, -0.25) is 4.79 Å². The predicted octanol–water partition coefficient (Wildman–Crippen LogP) is 3.45. The molecular weight excluding hydrogens is 318 g/mol. The molecule has 24 heavy (non-hydrogen) atoms. The molecule has 1 aromatic heterocycles. The first-order chi connectivity index (χ1) is 11.7. The number of carbonyl (C=O) groups is 1. The molecule has 124 valence electrons. The lowest BCUT2D eigenvalue weighted by Crippen LogP contribution is -2.30. The van der Waals surface area contributed by atoms with Crippen molar-refractivity contribution < 1.29 is 4.79 Å². The predicted molar refractivity (Wildman–Crippen MR) is 100 cm³/mol. The fourth-order valence-corrected chi connectivity index (χ4v) is 2.83. The van der Waals surface area contributed by atoms with Crippen LogP contribution in [0.5, 0.6) is 0 Å². The molecule has 0 bridgehead atoms. The Morgan fingerprint density at radius 3 is 2.62 bits per heavy atom. The molecule has 0 fully saturated rings. The number of nitrogens with one attached hydrogen (secondary N) is 1. The van der Waals surface area contributed by atoms with Crippen LogP contribution in [0.4, 0.5) is 0 Å². The summed E-state index contributed by atoms with van der Waals surface area (Å²) in [4.78, 5) is 16.2. The molecule has 0 aliphatic carbocycles. The van der Waals surface area contributed by atoms with Crippen molar-refractivity contribution in [3.05, 3.63) is 66.0 Å². The second-order valence-corrected chi connectivity index (χ2v) is 6.95. The lowest BCUT2D eigenvalue weighted by molar-refractivity contribution is -0.120. The quantitative estimate of drug-likeness (QED) is 0.748. The number of carbonyl (C=O) groups excluding carboxylic acids is 1. The van der Waals surface area contributed by atoms with Crippen LogP contribution in [0.2, 0.25) is 0 Å². The maximum absolute atomic E-state index is 11.8. The standard InChI is InChI=1S/C19H21N3OS/c1-14(24-2)19(23)20-11-15-7-9-16(10-8-15)12-22-13-21-17-5-3-4-6-18(17)22/h3-10,13-14H,11-12H2,1-2H3,(H,20,23)/t14-/m1/s1. The van der Waals surface area contributed by atoms with Gasteiger partial charge in [-0.25, -0.2) is 4.98 Å². The van der Waals surface area contributed by atoms with Crippen LogP contribution in [-0.4, -0.2) is 27.0 Å². The molecule has 0 aliphatic heterocycles. The van der Waals surface area contributed by atoms with E-state index in [0.29, 0.717) is 6.54 Å². The Balaban J connectivity index is 1.63. The summed E-state index contributed by atoms with van der Waals surface area (Å²) in [6.07, 6.45) is 3.82. The first-order valence-corrected chi connectivity index (χ1v) is 9.24.